The molecule has 1 heteroatoms. The van der Waals surface area contributed by atoms with Gasteiger partial charge in [0.15, 0.2) is 0 Å². The van der Waals surface area contributed by atoms with Crippen molar-refractivity contribution < 1.29 is 5.48 Å². The first-order valence-corrected chi connectivity index (χ1v) is 16.9. The minimum absolute atomic E-state index is 0. The summed E-state index contributed by atoms with van der Waals surface area (Å²) in [7, 11) is 0. The zero-order valence-electron chi connectivity index (χ0n) is 26.4. The molecular weight excluding hydrogens is 593 g/mol. The van der Waals surface area contributed by atoms with Crippen LogP contribution >= 0.6 is 0 Å². The average molecular weight is 619 g/mol. The van der Waals surface area contributed by atoms with Crippen LogP contribution < -0.4 is 0 Å². The zero-order chi connectivity index (χ0) is 30.8. The molecule has 1 nitrogen and oxygen atoms in total. The second-order valence-corrected chi connectivity index (χ2v) is 14.0. The Labute approximate surface area is 279 Å². The second-order valence-electron chi connectivity index (χ2n) is 14.0. The number of benzene rings is 14. The number of hydrogen-bond acceptors (Lipinski definition) is 0. The van der Waals surface area contributed by atoms with Gasteiger partial charge in [0.2, 0.25) is 0 Å². The van der Waals surface area contributed by atoms with E-state index < -0.39 is 0 Å². The third-order valence-electron chi connectivity index (χ3n) is 11.8. The van der Waals surface area contributed by atoms with Crippen molar-refractivity contribution in [1.82, 2.24) is 0 Å². The van der Waals surface area contributed by atoms with E-state index >= 15 is 0 Å². The van der Waals surface area contributed by atoms with Crippen LogP contribution in [-0.2, 0) is 0 Å². The minimum atomic E-state index is 0. The van der Waals surface area contributed by atoms with Crippen molar-refractivity contribution in [1.29, 1.82) is 0 Å². The van der Waals surface area contributed by atoms with Crippen LogP contribution in [0.15, 0.2) is 146 Å². The maximum atomic E-state index is 2.27. The molecule has 0 amide bonds. The van der Waals surface area contributed by atoms with Gasteiger partial charge in [0.1, 0.15) is 0 Å². The molecular formula is C48H26O. The van der Waals surface area contributed by atoms with Crippen molar-refractivity contribution in [2.75, 3.05) is 0 Å². The Morgan fingerprint density at radius 3 is 0.245 bits per heavy atom. The first-order valence-electron chi connectivity index (χ1n) is 16.9. The third-order valence-corrected chi connectivity index (χ3v) is 11.8. The lowest BCUT2D eigenvalue weighted by atomic mass is 9.83. The van der Waals surface area contributed by atoms with Crippen LogP contribution in [0.1, 0.15) is 0 Å². The molecule has 2 N–H and O–H groups in total. The predicted molar refractivity (Wildman–Crippen MR) is 214 cm³/mol. The molecule has 0 heterocycles. The van der Waals surface area contributed by atoms with E-state index in [1.165, 1.54) is 129 Å². The van der Waals surface area contributed by atoms with Crippen LogP contribution in [0.25, 0.3) is 129 Å². The highest BCUT2D eigenvalue weighted by atomic mass is 16.0. The van der Waals surface area contributed by atoms with E-state index in [9.17, 15) is 0 Å². The lowest BCUT2D eigenvalue weighted by Gasteiger charge is -2.20. The molecule has 0 atom stereocenters. The van der Waals surface area contributed by atoms with Crippen LogP contribution in [-0.4, -0.2) is 5.48 Å². The van der Waals surface area contributed by atoms with Gasteiger partial charge < -0.3 is 5.48 Å². The van der Waals surface area contributed by atoms with Crippen molar-refractivity contribution in [3.63, 3.8) is 0 Å². The third kappa shape index (κ3) is 2.94. The van der Waals surface area contributed by atoms with Crippen LogP contribution in [0, 0.1) is 0 Å². The Morgan fingerprint density at radius 1 is 0.122 bits per heavy atom. The lowest BCUT2D eigenvalue weighted by Crippen LogP contribution is -1.91. The Hall–Kier alpha value is -6.28. The van der Waals surface area contributed by atoms with E-state index in [4.69, 9.17) is 0 Å². The van der Waals surface area contributed by atoms with Crippen molar-refractivity contribution in [2.45, 2.75) is 0 Å². The van der Waals surface area contributed by atoms with E-state index in [0.29, 0.717) is 0 Å². The summed E-state index contributed by atoms with van der Waals surface area (Å²) in [6, 6.07) is 54.6. The van der Waals surface area contributed by atoms with Gasteiger partial charge in [-0.3, -0.25) is 0 Å². The molecule has 14 rings (SSSR count). The quantitative estimate of drug-likeness (QED) is 0.120. The van der Waals surface area contributed by atoms with Gasteiger partial charge in [-0.25, -0.2) is 0 Å². The summed E-state index contributed by atoms with van der Waals surface area (Å²) in [6.45, 7) is 0. The molecule has 0 aliphatic rings. The van der Waals surface area contributed by atoms with E-state index in [0.717, 1.165) is 0 Å². The molecule has 224 valence electrons. The van der Waals surface area contributed by atoms with E-state index in [1.807, 2.05) is 0 Å². The maximum absolute atomic E-state index is 2.27. The fraction of sp³-hybridized carbons (Fsp3) is 0. The fourth-order valence-corrected chi connectivity index (χ4v) is 9.79. The summed E-state index contributed by atoms with van der Waals surface area (Å²) < 4.78 is 0. The van der Waals surface area contributed by atoms with Gasteiger partial charge in [-0.1, -0.05) is 146 Å². The van der Waals surface area contributed by atoms with Crippen molar-refractivity contribution in [3.8, 4) is 0 Å². The lowest BCUT2D eigenvalue weighted by molar-refractivity contribution is 0.824. The highest BCUT2D eigenvalue weighted by Gasteiger charge is 2.21. The maximum Gasteiger partial charge on any atom is -0.00139 e. The highest BCUT2D eigenvalue weighted by Crippen LogP contribution is 2.49. The van der Waals surface area contributed by atoms with Gasteiger partial charge in [-0.05, 0) is 129 Å². The number of hydrogen-bond donors (Lipinski definition) is 0. The molecule has 0 saturated heterocycles. The Bertz CT molecular complexity index is 2530. The van der Waals surface area contributed by atoms with Crippen LogP contribution in [0.4, 0.5) is 0 Å². The number of rotatable bonds is 0. The highest BCUT2D eigenvalue weighted by molar-refractivity contribution is 6.46. The SMILES string of the molecule is O.c1cc2ccc3ccc4ccc5ccc6ccc1c1c2c3c4c5c61.c1cc2ccc3ccc4ccc5ccc6ccc1c1c2c3c4c5c61. The van der Waals surface area contributed by atoms with Crippen LogP contribution in [0.5, 0.6) is 0 Å². The van der Waals surface area contributed by atoms with E-state index in [2.05, 4.69) is 146 Å². The molecule has 14 aromatic rings. The van der Waals surface area contributed by atoms with Crippen molar-refractivity contribution in [3.05, 3.63) is 146 Å². The normalized spacial score (nSPS) is 12.7. The topological polar surface area (TPSA) is 31.5 Å². The van der Waals surface area contributed by atoms with Gasteiger partial charge >= 0.3 is 0 Å². The monoisotopic (exact) mass is 618 g/mol. The first-order chi connectivity index (χ1) is 23.8. The van der Waals surface area contributed by atoms with Gasteiger partial charge in [-0.15, -0.1) is 0 Å². The molecule has 0 aliphatic carbocycles. The van der Waals surface area contributed by atoms with Crippen LogP contribution in [0.3, 0.4) is 0 Å². The minimum Gasteiger partial charge on any atom is -0.412 e. The average Bonchev–Trinajstić information content (AvgIpc) is 3.15. The molecule has 0 radical (unpaired) electrons. The molecule has 49 heavy (non-hydrogen) atoms. The molecule has 0 bridgehead atoms. The molecule has 0 spiro atoms. The molecule has 0 saturated carbocycles. The van der Waals surface area contributed by atoms with Gasteiger partial charge in [0.05, 0.1) is 0 Å². The van der Waals surface area contributed by atoms with Gasteiger partial charge in [0, 0.05) is 0 Å². The summed E-state index contributed by atoms with van der Waals surface area (Å²) in [5.41, 5.74) is 0. The standard InChI is InChI=1S/2C24H12.H2O/c2*1-2-14-5-6-16-9-11-18-12-10-17-8-7-15-4-3-13(1)19-20(14)22(16)24(18)23(17)21(15)19;/h2*1-12H;1H2. The summed E-state index contributed by atoms with van der Waals surface area (Å²) in [5, 5.41) is 33.4. The molecule has 0 aliphatic heterocycles. The Morgan fingerprint density at radius 2 is 0.184 bits per heavy atom. The fourth-order valence-electron chi connectivity index (χ4n) is 9.79. The van der Waals surface area contributed by atoms with Crippen molar-refractivity contribution in [2.24, 2.45) is 0 Å². The van der Waals surface area contributed by atoms with E-state index in [1.54, 1.807) is 0 Å². The Kier molecular flexibility index (Phi) is 4.52. The second kappa shape index (κ2) is 8.59. The molecule has 0 aromatic heterocycles. The zero-order valence-corrected chi connectivity index (χ0v) is 26.4. The predicted octanol–water partition coefficient (Wildman–Crippen LogP) is 13.0. The molecule has 14 aromatic carbocycles. The van der Waals surface area contributed by atoms with Gasteiger partial charge in [-0.2, -0.15) is 0 Å². The van der Waals surface area contributed by atoms with Crippen LogP contribution in [0.2, 0.25) is 0 Å². The van der Waals surface area contributed by atoms with E-state index in [-0.39, 0.29) is 5.48 Å². The largest absolute Gasteiger partial charge is 0.412 e. The Balaban J connectivity index is 0.000000111. The van der Waals surface area contributed by atoms with Crippen molar-refractivity contribution >= 4 is 129 Å². The smallest absolute Gasteiger partial charge is 0.00139 e. The summed E-state index contributed by atoms with van der Waals surface area (Å²) >= 11 is 0. The summed E-state index contributed by atoms with van der Waals surface area (Å²) in [4.78, 5) is 0. The summed E-state index contributed by atoms with van der Waals surface area (Å²) in [6.07, 6.45) is 0. The molecule has 0 unspecified atom stereocenters. The summed E-state index contributed by atoms with van der Waals surface area (Å²) in [5.74, 6) is 0. The molecule has 0 fully saturated rings. The van der Waals surface area contributed by atoms with Gasteiger partial charge in [0.25, 0.3) is 0 Å². The first kappa shape index (κ1) is 25.8.